The fraction of sp³-hybridized carbons (Fsp3) is 0.688. The molecule has 1 saturated heterocycles. The highest BCUT2D eigenvalue weighted by atomic mass is 16.6. The molecule has 0 aromatic rings. The summed E-state index contributed by atoms with van der Waals surface area (Å²) in [5, 5.41) is 0. The van der Waals surface area contributed by atoms with Crippen molar-refractivity contribution < 1.29 is 28.6 Å². The molecule has 2 bridgehead atoms. The van der Waals surface area contributed by atoms with Gasteiger partial charge in [-0.1, -0.05) is 6.58 Å². The highest BCUT2D eigenvalue weighted by molar-refractivity contribution is 5.96. The number of ether oxygens (including phenoxy) is 3. The van der Waals surface area contributed by atoms with Crippen molar-refractivity contribution in [2.24, 2.45) is 17.8 Å². The Kier molecular flexibility index (Phi) is 3.22. The van der Waals surface area contributed by atoms with Gasteiger partial charge in [0.05, 0.1) is 6.61 Å². The van der Waals surface area contributed by atoms with E-state index in [-0.39, 0.29) is 18.3 Å². The van der Waals surface area contributed by atoms with Crippen molar-refractivity contribution in [3.8, 4) is 0 Å². The molecule has 3 rings (SSSR count). The van der Waals surface area contributed by atoms with Crippen LogP contribution in [0.15, 0.2) is 12.7 Å². The summed E-state index contributed by atoms with van der Waals surface area (Å²) in [6, 6.07) is 0. The molecule has 1 heterocycles. The second-order valence-corrected chi connectivity index (χ2v) is 7.17. The molecule has 6 nitrogen and oxygen atoms in total. The van der Waals surface area contributed by atoms with Crippen LogP contribution < -0.4 is 0 Å². The van der Waals surface area contributed by atoms with Crippen molar-refractivity contribution in [1.29, 1.82) is 0 Å². The van der Waals surface area contributed by atoms with Crippen LogP contribution in [0.4, 0.5) is 0 Å². The molecule has 3 aliphatic rings. The molecule has 2 saturated carbocycles. The quantitative estimate of drug-likeness (QED) is 0.572. The van der Waals surface area contributed by atoms with Gasteiger partial charge in [0.15, 0.2) is 11.4 Å². The van der Waals surface area contributed by atoms with Crippen LogP contribution in [0.1, 0.15) is 27.2 Å². The number of Topliss-reactive ketones (excluding diaryl/α,β-unsaturated/α-hetero) is 1. The second-order valence-electron chi connectivity index (χ2n) is 7.17. The van der Waals surface area contributed by atoms with Crippen LogP contribution in [-0.4, -0.2) is 41.6 Å². The Morgan fingerprint density at radius 1 is 1.41 bits per heavy atom. The Labute approximate surface area is 128 Å². The molecule has 0 N–H and O–H groups in total. The van der Waals surface area contributed by atoms with Gasteiger partial charge in [-0.15, -0.1) is 0 Å². The van der Waals surface area contributed by atoms with Gasteiger partial charge in [-0.05, 0) is 27.2 Å². The third-order valence-electron chi connectivity index (χ3n) is 4.68. The molecule has 22 heavy (non-hydrogen) atoms. The number of esters is 2. The third-order valence-corrected chi connectivity index (χ3v) is 4.68. The SMILES string of the molecule is C=CC(=O)OC12COC3C(=O)C(CC31)C2C(=O)OC(C)(C)C. The van der Waals surface area contributed by atoms with Crippen LogP contribution in [0.25, 0.3) is 0 Å². The first-order valence-electron chi connectivity index (χ1n) is 7.43. The van der Waals surface area contributed by atoms with Gasteiger partial charge in [0.25, 0.3) is 0 Å². The van der Waals surface area contributed by atoms with E-state index in [1.54, 1.807) is 20.8 Å². The Morgan fingerprint density at radius 2 is 2.09 bits per heavy atom. The summed E-state index contributed by atoms with van der Waals surface area (Å²) in [6.45, 7) is 8.72. The van der Waals surface area contributed by atoms with Crippen LogP contribution in [0, 0.1) is 17.8 Å². The largest absolute Gasteiger partial charge is 0.460 e. The summed E-state index contributed by atoms with van der Waals surface area (Å²) in [4.78, 5) is 36.7. The Morgan fingerprint density at radius 3 is 2.68 bits per heavy atom. The maximum atomic E-state index is 12.6. The number of carbonyl (C=O) groups excluding carboxylic acids is 3. The Hall–Kier alpha value is -1.69. The van der Waals surface area contributed by atoms with Crippen molar-refractivity contribution in [1.82, 2.24) is 0 Å². The smallest absolute Gasteiger partial charge is 0.330 e. The van der Waals surface area contributed by atoms with Crippen molar-refractivity contribution in [2.75, 3.05) is 6.61 Å². The third kappa shape index (κ3) is 2.00. The number of fused-ring (bicyclic) bond motifs is 1. The van der Waals surface area contributed by atoms with Crippen molar-refractivity contribution in [3.63, 3.8) is 0 Å². The molecule has 2 aliphatic carbocycles. The zero-order valence-corrected chi connectivity index (χ0v) is 13.0. The van der Waals surface area contributed by atoms with Crippen LogP contribution in [0.3, 0.4) is 0 Å². The standard InChI is InChI=1S/C16H20O6/c1-5-10(17)21-16-7-20-13-9(16)6-8(12(13)18)11(16)14(19)22-15(2,3)4/h5,8-9,11,13H,1,6-7H2,2-4H3. The van der Waals surface area contributed by atoms with Crippen LogP contribution in [0.2, 0.25) is 0 Å². The van der Waals surface area contributed by atoms with Crippen molar-refractivity contribution in [3.05, 3.63) is 12.7 Å². The number of hydrogen-bond donors (Lipinski definition) is 0. The summed E-state index contributed by atoms with van der Waals surface area (Å²) in [5.74, 6) is -2.76. The van der Waals surface area contributed by atoms with E-state index in [4.69, 9.17) is 14.2 Å². The topological polar surface area (TPSA) is 78.9 Å². The summed E-state index contributed by atoms with van der Waals surface area (Å²) in [5.41, 5.74) is -1.78. The van der Waals surface area contributed by atoms with E-state index in [0.29, 0.717) is 6.42 Å². The predicted octanol–water partition coefficient (Wildman–Crippen LogP) is 1.03. The van der Waals surface area contributed by atoms with E-state index in [0.717, 1.165) is 6.08 Å². The van der Waals surface area contributed by atoms with E-state index in [1.807, 2.05) is 0 Å². The zero-order valence-electron chi connectivity index (χ0n) is 13.0. The molecule has 0 aromatic heterocycles. The van der Waals surface area contributed by atoms with E-state index < -0.39 is 41.1 Å². The molecule has 0 spiro atoms. The lowest BCUT2D eigenvalue weighted by molar-refractivity contribution is -0.183. The Balaban J connectivity index is 1.95. The molecule has 0 amide bonds. The molecule has 5 atom stereocenters. The van der Waals surface area contributed by atoms with Crippen LogP contribution in [0.5, 0.6) is 0 Å². The first kappa shape index (κ1) is 15.2. The van der Waals surface area contributed by atoms with E-state index in [9.17, 15) is 14.4 Å². The molecule has 120 valence electrons. The Bertz CT molecular complexity index is 559. The minimum Gasteiger partial charge on any atom is -0.460 e. The van der Waals surface area contributed by atoms with Crippen molar-refractivity contribution >= 4 is 17.7 Å². The first-order chi connectivity index (χ1) is 10.2. The van der Waals surface area contributed by atoms with Gasteiger partial charge >= 0.3 is 11.9 Å². The molecule has 6 heteroatoms. The number of rotatable bonds is 3. The first-order valence-corrected chi connectivity index (χ1v) is 7.43. The van der Waals surface area contributed by atoms with Crippen LogP contribution in [-0.2, 0) is 28.6 Å². The summed E-state index contributed by atoms with van der Waals surface area (Å²) in [6.07, 6.45) is 0.987. The second kappa shape index (κ2) is 4.65. The zero-order chi connectivity index (χ0) is 16.3. The van der Waals surface area contributed by atoms with Gasteiger partial charge in [-0.3, -0.25) is 9.59 Å². The molecule has 1 aliphatic heterocycles. The summed E-state index contributed by atoms with van der Waals surface area (Å²) < 4.78 is 16.5. The summed E-state index contributed by atoms with van der Waals surface area (Å²) >= 11 is 0. The highest BCUT2D eigenvalue weighted by Crippen LogP contribution is 2.60. The molecule has 0 radical (unpaired) electrons. The average Bonchev–Trinajstić information content (AvgIpc) is 2.96. The fourth-order valence-electron chi connectivity index (χ4n) is 3.99. The molecular weight excluding hydrogens is 288 g/mol. The van der Waals surface area contributed by atoms with Gasteiger partial charge in [0.2, 0.25) is 0 Å². The summed E-state index contributed by atoms with van der Waals surface area (Å²) in [7, 11) is 0. The monoisotopic (exact) mass is 308 g/mol. The van der Waals surface area contributed by atoms with Gasteiger partial charge in [0.1, 0.15) is 17.6 Å². The fourth-order valence-corrected chi connectivity index (χ4v) is 3.99. The molecular formula is C16H20O6. The van der Waals surface area contributed by atoms with E-state index >= 15 is 0 Å². The lowest BCUT2D eigenvalue weighted by Gasteiger charge is -2.37. The number of carbonyl (C=O) groups is 3. The maximum absolute atomic E-state index is 12.6. The van der Waals surface area contributed by atoms with Gasteiger partial charge < -0.3 is 14.2 Å². The van der Waals surface area contributed by atoms with Crippen LogP contribution >= 0.6 is 0 Å². The number of hydrogen-bond acceptors (Lipinski definition) is 6. The molecule has 5 unspecified atom stereocenters. The minimum absolute atomic E-state index is 0.0497. The van der Waals surface area contributed by atoms with Gasteiger partial charge in [-0.2, -0.15) is 0 Å². The van der Waals surface area contributed by atoms with E-state index in [1.165, 1.54) is 0 Å². The molecule has 0 aromatic carbocycles. The lowest BCUT2D eigenvalue weighted by Crippen LogP contribution is -2.54. The average molecular weight is 308 g/mol. The molecule has 3 fully saturated rings. The normalized spacial score (nSPS) is 39.0. The van der Waals surface area contributed by atoms with Crippen molar-refractivity contribution in [2.45, 2.75) is 44.5 Å². The van der Waals surface area contributed by atoms with E-state index in [2.05, 4.69) is 6.58 Å². The minimum atomic E-state index is -1.10. The number of ketones is 1. The lowest BCUT2D eigenvalue weighted by atomic mass is 9.75. The maximum Gasteiger partial charge on any atom is 0.330 e. The van der Waals surface area contributed by atoms with Gasteiger partial charge in [-0.25, -0.2) is 4.79 Å². The van der Waals surface area contributed by atoms with Gasteiger partial charge in [0, 0.05) is 17.9 Å². The predicted molar refractivity (Wildman–Crippen MR) is 74.7 cm³/mol. The highest BCUT2D eigenvalue weighted by Gasteiger charge is 2.75.